The van der Waals surface area contributed by atoms with Gasteiger partial charge in [-0.15, -0.1) is 0 Å². The molecule has 2 rings (SSSR count). The summed E-state index contributed by atoms with van der Waals surface area (Å²) in [6.45, 7) is 7.90. The highest BCUT2D eigenvalue weighted by Gasteiger charge is 2.32. The number of benzene rings is 1. The Kier molecular flexibility index (Phi) is 5.35. The second-order valence-electron chi connectivity index (χ2n) is 5.71. The van der Waals surface area contributed by atoms with Crippen molar-refractivity contribution >= 4 is 21.8 Å². The van der Waals surface area contributed by atoms with Crippen LogP contribution in [0.1, 0.15) is 25.0 Å². The van der Waals surface area contributed by atoms with Gasteiger partial charge in [-0.25, -0.2) is 8.42 Å². The Hall–Kier alpha value is -0.560. The summed E-state index contributed by atoms with van der Waals surface area (Å²) in [5.74, 6) is 0. The van der Waals surface area contributed by atoms with Crippen LogP contribution in [-0.4, -0.2) is 43.4 Å². The van der Waals surface area contributed by atoms with E-state index in [2.05, 4.69) is 19.2 Å². The maximum absolute atomic E-state index is 13.0. The number of nitrogens with one attached hydrogen (secondary N) is 1. The Morgan fingerprint density at radius 1 is 1.29 bits per heavy atom. The van der Waals surface area contributed by atoms with Crippen LogP contribution < -0.4 is 5.32 Å². The molecule has 1 N–H and O–H groups in total. The predicted octanol–water partition coefficient (Wildman–Crippen LogP) is 2.23. The van der Waals surface area contributed by atoms with Crippen molar-refractivity contribution in [3.63, 3.8) is 0 Å². The van der Waals surface area contributed by atoms with Gasteiger partial charge in [-0.1, -0.05) is 26.0 Å². The van der Waals surface area contributed by atoms with Crippen LogP contribution in [0.3, 0.4) is 0 Å². The second kappa shape index (κ2) is 6.69. The van der Waals surface area contributed by atoms with E-state index < -0.39 is 10.0 Å². The second-order valence-corrected chi connectivity index (χ2v) is 9.50. The summed E-state index contributed by atoms with van der Waals surface area (Å²) in [7, 11) is -1.55. The van der Waals surface area contributed by atoms with Crippen LogP contribution in [0.2, 0.25) is 0 Å². The highest BCUT2D eigenvalue weighted by atomic mass is 32.2. The number of hydrogen-bond donors (Lipinski definition) is 1. The summed E-state index contributed by atoms with van der Waals surface area (Å²) in [5, 5.41) is 3.74. The van der Waals surface area contributed by atoms with E-state index >= 15 is 0 Å². The first-order valence-corrected chi connectivity index (χ1v) is 9.62. The van der Waals surface area contributed by atoms with E-state index in [1.165, 1.54) is 0 Å². The fourth-order valence-corrected chi connectivity index (χ4v) is 6.11. The third kappa shape index (κ3) is 3.80. The normalized spacial score (nSPS) is 24.2. The molecular formula is C15H24N2O2S2. The molecule has 2 unspecified atom stereocenters. The van der Waals surface area contributed by atoms with Crippen LogP contribution in [0.25, 0.3) is 0 Å². The van der Waals surface area contributed by atoms with Gasteiger partial charge >= 0.3 is 0 Å². The minimum absolute atomic E-state index is 0.337. The minimum atomic E-state index is -3.41. The molecule has 6 heteroatoms. The smallest absolute Gasteiger partial charge is 0.243 e. The molecule has 0 amide bonds. The molecule has 0 radical (unpaired) electrons. The van der Waals surface area contributed by atoms with E-state index in [0.29, 0.717) is 35.0 Å². The Morgan fingerprint density at radius 2 is 1.90 bits per heavy atom. The molecule has 0 saturated carbocycles. The average molecular weight is 329 g/mol. The monoisotopic (exact) mass is 328 g/mol. The molecule has 0 spiro atoms. The molecule has 4 nitrogen and oxygen atoms in total. The highest BCUT2D eigenvalue weighted by molar-refractivity contribution is 8.00. The van der Waals surface area contributed by atoms with Gasteiger partial charge in [0.15, 0.2) is 0 Å². The number of nitrogens with zero attached hydrogens (tertiary/aromatic N) is 1. The number of sulfonamides is 1. The fraction of sp³-hybridized carbons (Fsp3) is 0.600. The van der Waals surface area contributed by atoms with Gasteiger partial charge in [0.25, 0.3) is 0 Å². The van der Waals surface area contributed by atoms with Gasteiger partial charge in [0.05, 0.1) is 4.90 Å². The largest absolute Gasteiger partial charge is 0.316 e. The molecule has 0 aliphatic carbocycles. The Bertz CT molecular complexity index is 592. The summed E-state index contributed by atoms with van der Waals surface area (Å²) in [6.07, 6.45) is 0. The van der Waals surface area contributed by atoms with E-state index in [9.17, 15) is 8.42 Å². The van der Waals surface area contributed by atoms with Gasteiger partial charge in [-0.05, 0) is 31.2 Å². The van der Waals surface area contributed by atoms with Gasteiger partial charge in [-0.3, -0.25) is 0 Å². The Morgan fingerprint density at radius 3 is 2.48 bits per heavy atom. The van der Waals surface area contributed by atoms with E-state index in [1.54, 1.807) is 10.4 Å². The van der Waals surface area contributed by atoms with Gasteiger partial charge < -0.3 is 5.32 Å². The molecule has 1 fully saturated rings. The van der Waals surface area contributed by atoms with Crippen molar-refractivity contribution in [1.29, 1.82) is 0 Å². The molecule has 21 heavy (non-hydrogen) atoms. The summed E-state index contributed by atoms with van der Waals surface area (Å²) in [5.41, 5.74) is 1.81. The maximum Gasteiger partial charge on any atom is 0.243 e. The van der Waals surface area contributed by atoms with Gasteiger partial charge in [0, 0.05) is 30.1 Å². The van der Waals surface area contributed by atoms with E-state index in [0.717, 1.165) is 11.1 Å². The van der Waals surface area contributed by atoms with E-state index in [1.807, 2.05) is 37.9 Å². The van der Waals surface area contributed by atoms with Gasteiger partial charge in [0.2, 0.25) is 10.0 Å². The van der Waals surface area contributed by atoms with Crippen molar-refractivity contribution < 1.29 is 8.42 Å². The van der Waals surface area contributed by atoms with Crippen molar-refractivity contribution in [3.05, 3.63) is 29.3 Å². The van der Waals surface area contributed by atoms with Crippen molar-refractivity contribution in [3.8, 4) is 0 Å². The molecule has 1 aliphatic rings. The molecule has 1 saturated heterocycles. The Balaban J connectivity index is 2.36. The first kappa shape index (κ1) is 16.8. The number of thioether (sulfide) groups is 1. The number of rotatable bonds is 4. The molecule has 1 heterocycles. The molecule has 1 aromatic carbocycles. The first-order valence-electron chi connectivity index (χ1n) is 7.24. The molecular weight excluding hydrogens is 304 g/mol. The van der Waals surface area contributed by atoms with Crippen molar-refractivity contribution in [2.24, 2.45) is 0 Å². The lowest BCUT2D eigenvalue weighted by Gasteiger charge is -2.34. The zero-order chi connectivity index (χ0) is 15.6. The van der Waals surface area contributed by atoms with E-state index in [4.69, 9.17) is 0 Å². The van der Waals surface area contributed by atoms with E-state index in [-0.39, 0.29) is 0 Å². The van der Waals surface area contributed by atoms with Crippen molar-refractivity contribution in [2.45, 2.75) is 42.7 Å². The average Bonchev–Trinajstić information content (AvgIpc) is 2.40. The topological polar surface area (TPSA) is 49.4 Å². The number of hydrogen-bond acceptors (Lipinski definition) is 4. The van der Waals surface area contributed by atoms with Crippen LogP contribution in [0.15, 0.2) is 23.1 Å². The SMILES string of the molecule is CNCc1ccc(C)c(S(=O)(=O)N2CC(C)SC(C)C2)c1. The molecule has 2 atom stereocenters. The highest BCUT2D eigenvalue weighted by Crippen LogP contribution is 2.30. The van der Waals surface area contributed by atoms with Crippen LogP contribution >= 0.6 is 11.8 Å². The predicted molar refractivity (Wildman–Crippen MR) is 89.2 cm³/mol. The van der Waals surface area contributed by atoms with Crippen LogP contribution in [-0.2, 0) is 16.6 Å². The Labute approximate surface area is 132 Å². The van der Waals surface area contributed by atoms with Crippen LogP contribution in [0, 0.1) is 6.92 Å². The molecule has 1 aromatic rings. The fourth-order valence-electron chi connectivity index (χ4n) is 2.70. The third-order valence-electron chi connectivity index (χ3n) is 3.64. The lowest BCUT2D eigenvalue weighted by atomic mass is 10.1. The zero-order valence-corrected chi connectivity index (χ0v) is 14.7. The molecule has 1 aliphatic heterocycles. The lowest BCUT2D eigenvalue weighted by Crippen LogP contribution is -2.44. The summed E-state index contributed by atoms with van der Waals surface area (Å²) in [6, 6.07) is 5.67. The quantitative estimate of drug-likeness (QED) is 0.921. The molecule has 0 aromatic heterocycles. The van der Waals surface area contributed by atoms with Gasteiger partial charge in [-0.2, -0.15) is 16.1 Å². The summed E-state index contributed by atoms with van der Waals surface area (Å²) in [4.78, 5) is 0.446. The summed E-state index contributed by atoms with van der Waals surface area (Å²) >= 11 is 1.86. The first-order chi connectivity index (χ1) is 9.84. The lowest BCUT2D eigenvalue weighted by molar-refractivity contribution is 0.404. The maximum atomic E-state index is 13.0. The van der Waals surface area contributed by atoms with Crippen molar-refractivity contribution in [2.75, 3.05) is 20.1 Å². The summed E-state index contributed by atoms with van der Waals surface area (Å²) < 4.78 is 27.5. The van der Waals surface area contributed by atoms with Crippen molar-refractivity contribution in [1.82, 2.24) is 9.62 Å². The van der Waals surface area contributed by atoms with Gasteiger partial charge in [0.1, 0.15) is 0 Å². The zero-order valence-electron chi connectivity index (χ0n) is 13.1. The standard InChI is InChI=1S/C15H24N2O2S2/c1-11-5-6-14(8-16-4)7-15(11)21(18,19)17-9-12(2)20-13(3)10-17/h5-7,12-13,16H,8-10H2,1-4H3. The minimum Gasteiger partial charge on any atom is -0.316 e. The molecule has 0 bridgehead atoms. The van der Waals surface area contributed by atoms with Crippen LogP contribution in [0.5, 0.6) is 0 Å². The number of aryl methyl sites for hydroxylation is 1. The molecule has 118 valence electrons. The third-order valence-corrected chi connectivity index (χ3v) is 6.84. The van der Waals surface area contributed by atoms with Crippen LogP contribution in [0.4, 0.5) is 0 Å².